The highest BCUT2D eigenvalue weighted by atomic mass is 16.6. The van der Waals surface area contributed by atoms with Crippen LogP contribution in [0.2, 0.25) is 0 Å². The van der Waals surface area contributed by atoms with Crippen molar-refractivity contribution in [1.29, 1.82) is 0 Å². The molecule has 0 fully saturated rings. The summed E-state index contributed by atoms with van der Waals surface area (Å²) in [6, 6.07) is 18.9. The quantitative estimate of drug-likeness (QED) is 0.385. The highest BCUT2D eigenvalue weighted by Crippen LogP contribution is 2.24. The van der Waals surface area contributed by atoms with Crippen molar-refractivity contribution in [1.82, 2.24) is 20.2 Å². The number of aromatic nitrogens is 3. The maximum absolute atomic E-state index is 12.9. The SMILES string of the molecule is CC(Cn1cnc([N+](=O)[O-])n1)=NNC(=O)C(c1ccccc1)c1ccccc1. The minimum atomic E-state index is -0.672. The standard InChI is InChI=1S/C19H18N6O3/c1-14(12-24-13-20-19(23-24)25(27)28)21-22-18(26)17(15-8-4-2-5-9-15)16-10-6-3-7-11-16/h2-11,13,17H,12H2,1H3,(H,22,26). The van der Waals surface area contributed by atoms with Gasteiger partial charge in [-0.2, -0.15) is 9.78 Å². The third kappa shape index (κ3) is 4.64. The van der Waals surface area contributed by atoms with Crippen molar-refractivity contribution in [2.24, 2.45) is 5.10 Å². The number of hydrazone groups is 1. The molecule has 3 aromatic rings. The van der Waals surface area contributed by atoms with Gasteiger partial charge in [0.05, 0.1) is 18.2 Å². The maximum atomic E-state index is 12.9. The van der Waals surface area contributed by atoms with Gasteiger partial charge in [-0.15, -0.1) is 0 Å². The first-order valence-corrected chi connectivity index (χ1v) is 8.51. The fraction of sp³-hybridized carbons (Fsp3) is 0.158. The van der Waals surface area contributed by atoms with E-state index in [2.05, 4.69) is 20.6 Å². The van der Waals surface area contributed by atoms with Crippen molar-refractivity contribution in [3.05, 3.63) is 88.2 Å². The molecule has 0 atom stereocenters. The van der Waals surface area contributed by atoms with E-state index in [0.717, 1.165) is 11.1 Å². The van der Waals surface area contributed by atoms with Crippen LogP contribution < -0.4 is 5.43 Å². The fourth-order valence-corrected chi connectivity index (χ4v) is 2.72. The van der Waals surface area contributed by atoms with Crippen LogP contribution in [0.1, 0.15) is 24.0 Å². The number of carbonyl (C=O) groups excluding carboxylic acids is 1. The van der Waals surface area contributed by atoms with Crippen molar-refractivity contribution in [3.8, 4) is 0 Å². The molecular weight excluding hydrogens is 360 g/mol. The third-order valence-electron chi connectivity index (χ3n) is 3.96. The first-order valence-electron chi connectivity index (χ1n) is 8.51. The summed E-state index contributed by atoms with van der Waals surface area (Å²) in [6.45, 7) is 1.86. The Morgan fingerprint density at radius 3 is 2.21 bits per heavy atom. The Labute approximate surface area is 160 Å². The average Bonchev–Trinajstić information content (AvgIpc) is 3.17. The van der Waals surface area contributed by atoms with Gasteiger partial charge in [0.25, 0.3) is 5.91 Å². The summed E-state index contributed by atoms with van der Waals surface area (Å²) >= 11 is 0. The molecule has 0 radical (unpaired) electrons. The van der Waals surface area contributed by atoms with E-state index in [-0.39, 0.29) is 12.5 Å². The zero-order valence-corrected chi connectivity index (χ0v) is 15.1. The summed E-state index contributed by atoms with van der Waals surface area (Å²) in [5.41, 5.74) is 4.81. The van der Waals surface area contributed by atoms with Crippen LogP contribution in [0.5, 0.6) is 0 Å². The van der Waals surface area contributed by atoms with Crippen LogP contribution in [0.3, 0.4) is 0 Å². The van der Waals surface area contributed by atoms with Gasteiger partial charge < -0.3 is 10.1 Å². The molecule has 0 aliphatic rings. The van der Waals surface area contributed by atoms with E-state index < -0.39 is 16.8 Å². The molecule has 0 spiro atoms. The Hall–Kier alpha value is -3.88. The molecule has 3 rings (SSSR count). The van der Waals surface area contributed by atoms with E-state index in [9.17, 15) is 14.9 Å². The van der Waals surface area contributed by atoms with Gasteiger partial charge in [0.1, 0.15) is 0 Å². The van der Waals surface area contributed by atoms with Crippen molar-refractivity contribution < 1.29 is 9.72 Å². The minimum absolute atomic E-state index is 0.169. The zero-order chi connectivity index (χ0) is 19.9. The number of benzene rings is 2. The van der Waals surface area contributed by atoms with Gasteiger partial charge >= 0.3 is 5.95 Å². The number of carbonyl (C=O) groups is 1. The van der Waals surface area contributed by atoms with E-state index in [1.807, 2.05) is 60.7 Å². The highest BCUT2D eigenvalue weighted by Gasteiger charge is 2.22. The smallest absolute Gasteiger partial charge is 0.390 e. The monoisotopic (exact) mass is 378 g/mol. The summed E-state index contributed by atoms with van der Waals surface area (Å²) in [4.78, 5) is 26.4. The lowest BCUT2D eigenvalue weighted by atomic mass is 9.91. The Balaban J connectivity index is 1.74. The van der Waals surface area contributed by atoms with Crippen LogP contribution in [0, 0.1) is 10.1 Å². The molecule has 1 N–H and O–H groups in total. The molecule has 0 saturated carbocycles. The Morgan fingerprint density at radius 1 is 1.14 bits per heavy atom. The minimum Gasteiger partial charge on any atom is -0.390 e. The molecule has 0 bridgehead atoms. The summed E-state index contributed by atoms with van der Waals surface area (Å²) < 4.78 is 1.29. The molecule has 1 amide bonds. The second-order valence-electron chi connectivity index (χ2n) is 6.08. The molecule has 1 aromatic heterocycles. The molecule has 1 heterocycles. The zero-order valence-electron chi connectivity index (χ0n) is 15.1. The van der Waals surface area contributed by atoms with Gasteiger partial charge in [-0.1, -0.05) is 65.6 Å². The molecular formula is C19H18N6O3. The van der Waals surface area contributed by atoms with Crippen LogP contribution in [-0.4, -0.2) is 31.3 Å². The fourth-order valence-electron chi connectivity index (χ4n) is 2.72. The molecule has 2 aromatic carbocycles. The van der Waals surface area contributed by atoms with E-state index in [1.54, 1.807) is 6.92 Å². The molecule has 9 nitrogen and oxygen atoms in total. The van der Waals surface area contributed by atoms with Crippen molar-refractivity contribution in [2.45, 2.75) is 19.4 Å². The van der Waals surface area contributed by atoms with E-state index in [4.69, 9.17) is 0 Å². The molecule has 0 aliphatic carbocycles. The third-order valence-corrected chi connectivity index (χ3v) is 3.96. The van der Waals surface area contributed by atoms with Gasteiger partial charge in [-0.25, -0.2) is 5.43 Å². The Morgan fingerprint density at radius 2 is 1.71 bits per heavy atom. The molecule has 0 aliphatic heterocycles. The highest BCUT2D eigenvalue weighted by molar-refractivity contribution is 5.89. The Kier molecular flexibility index (Phi) is 5.85. The van der Waals surface area contributed by atoms with Gasteiger partial charge in [0, 0.05) is 5.10 Å². The largest absolute Gasteiger partial charge is 0.490 e. The van der Waals surface area contributed by atoms with Crippen molar-refractivity contribution in [2.75, 3.05) is 0 Å². The number of nitrogens with one attached hydrogen (secondary N) is 1. The van der Waals surface area contributed by atoms with Crippen LogP contribution in [0.4, 0.5) is 5.95 Å². The summed E-state index contributed by atoms with van der Waals surface area (Å²) in [5.74, 6) is -1.27. The van der Waals surface area contributed by atoms with Crippen LogP contribution in [-0.2, 0) is 11.3 Å². The molecule has 28 heavy (non-hydrogen) atoms. The summed E-state index contributed by atoms with van der Waals surface area (Å²) in [7, 11) is 0. The van der Waals surface area contributed by atoms with Gasteiger partial charge in [0.2, 0.25) is 6.33 Å². The predicted octanol–water partition coefficient (Wildman–Crippen LogP) is 2.51. The lowest BCUT2D eigenvalue weighted by Gasteiger charge is -2.16. The average molecular weight is 378 g/mol. The first-order chi connectivity index (χ1) is 13.5. The number of nitrogens with zero attached hydrogens (tertiary/aromatic N) is 5. The van der Waals surface area contributed by atoms with Crippen molar-refractivity contribution in [3.63, 3.8) is 0 Å². The maximum Gasteiger partial charge on any atom is 0.490 e. The Bertz CT molecular complexity index is 946. The normalized spacial score (nSPS) is 11.4. The number of amides is 1. The number of nitro groups is 1. The summed E-state index contributed by atoms with van der Waals surface area (Å²) in [6.07, 6.45) is 1.25. The predicted molar refractivity (Wildman–Crippen MR) is 103 cm³/mol. The van der Waals surface area contributed by atoms with Crippen LogP contribution in [0.15, 0.2) is 72.1 Å². The summed E-state index contributed by atoms with van der Waals surface area (Å²) in [5, 5.41) is 18.5. The lowest BCUT2D eigenvalue weighted by molar-refractivity contribution is -0.394. The second kappa shape index (κ2) is 8.67. The topological polar surface area (TPSA) is 115 Å². The number of hydrogen-bond donors (Lipinski definition) is 1. The molecule has 142 valence electrons. The van der Waals surface area contributed by atoms with Crippen LogP contribution in [0.25, 0.3) is 0 Å². The van der Waals surface area contributed by atoms with Gasteiger partial charge in [0.15, 0.2) is 0 Å². The van der Waals surface area contributed by atoms with Gasteiger partial charge in [-0.3, -0.25) is 4.79 Å². The second-order valence-corrected chi connectivity index (χ2v) is 6.08. The number of hydrogen-bond acceptors (Lipinski definition) is 6. The van der Waals surface area contributed by atoms with Crippen molar-refractivity contribution >= 4 is 17.6 Å². The van der Waals surface area contributed by atoms with E-state index >= 15 is 0 Å². The molecule has 9 heteroatoms. The molecule has 0 saturated heterocycles. The van der Waals surface area contributed by atoms with Gasteiger partial charge in [-0.05, 0) is 23.0 Å². The number of rotatable bonds is 7. The lowest BCUT2D eigenvalue weighted by Crippen LogP contribution is -2.27. The van der Waals surface area contributed by atoms with E-state index in [1.165, 1.54) is 11.0 Å². The van der Waals surface area contributed by atoms with Crippen LogP contribution >= 0.6 is 0 Å². The van der Waals surface area contributed by atoms with E-state index in [0.29, 0.717) is 5.71 Å². The molecule has 0 unspecified atom stereocenters. The first kappa shape index (κ1) is 18.9.